The van der Waals surface area contributed by atoms with Crippen molar-refractivity contribution >= 4 is 39.3 Å². The first-order valence-corrected chi connectivity index (χ1v) is 7.55. The Morgan fingerprint density at radius 2 is 1.71 bits per heavy atom. The predicted molar refractivity (Wildman–Crippen MR) is 89.5 cm³/mol. The molecule has 0 aliphatic carbocycles. The van der Waals surface area contributed by atoms with Crippen molar-refractivity contribution in [1.29, 1.82) is 0 Å². The summed E-state index contributed by atoms with van der Waals surface area (Å²) < 4.78 is 6.00. The number of anilines is 1. The second kappa shape index (κ2) is 6.50. The molecule has 110 valence electrons. The minimum absolute atomic E-state index is 0.460. The van der Waals surface area contributed by atoms with E-state index in [9.17, 15) is 4.79 Å². The smallest absolute Gasteiger partial charge is 0.409 e. The molecule has 21 heavy (non-hydrogen) atoms. The summed E-state index contributed by atoms with van der Waals surface area (Å²) in [6.07, 6.45) is -0.536. The zero-order chi connectivity index (χ0) is 15.6. The second-order valence-corrected chi connectivity index (χ2v) is 6.22. The molecular weight excluding hydrogens is 354 g/mol. The average Bonchev–Trinajstić information content (AvgIpc) is 2.32. The fourth-order valence-electron chi connectivity index (χ4n) is 2.10. The first-order valence-electron chi connectivity index (χ1n) is 6.38. The van der Waals surface area contributed by atoms with Gasteiger partial charge in [-0.1, -0.05) is 17.7 Å². The molecule has 0 aliphatic heterocycles. The Balaban J connectivity index is 2.15. The van der Waals surface area contributed by atoms with Crippen molar-refractivity contribution in [2.75, 3.05) is 5.32 Å². The van der Waals surface area contributed by atoms with E-state index in [2.05, 4.69) is 21.2 Å². The van der Waals surface area contributed by atoms with Gasteiger partial charge < -0.3 is 4.74 Å². The van der Waals surface area contributed by atoms with Crippen LogP contribution < -0.4 is 10.1 Å². The number of hydrogen-bond donors (Lipinski definition) is 1. The minimum Gasteiger partial charge on any atom is -0.409 e. The molecule has 3 nitrogen and oxygen atoms in total. The standard InChI is InChI=1S/C16H15BrClNO2/c1-9-4-10(2)6-13(5-9)19-16(20)21-15-11(3)7-12(18)8-14(15)17/h4-8H,1-3H3,(H,19,20). The van der Waals surface area contributed by atoms with E-state index in [1.165, 1.54) is 0 Å². The van der Waals surface area contributed by atoms with Crippen molar-refractivity contribution in [2.24, 2.45) is 0 Å². The van der Waals surface area contributed by atoms with Crippen molar-refractivity contribution in [3.63, 3.8) is 0 Å². The molecule has 0 saturated carbocycles. The molecule has 5 heteroatoms. The highest BCUT2D eigenvalue weighted by atomic mass is 79.9. The number of halogens is 2. The molecule has 2 aromatic carbocycles. The van der Waals surface area contributed by atoms with Crippen molar-refractivity contribution in [2.45, 2.75) is 20.8 Å². The number of benzene rings is 2. The molecule has 0 aromatic heterocycles. The molecule has 1 N–H and O–H groups in total. The van der Waals surface area contributed by atoms with Gasteiger partial charge in [-0.25, -0.2) is 4.79 Å². The number of carbonyl (C=O) groups excluding carboxylic acids is 1. The van der Waals surface area contributed by atoms with Gasteiger partial charge in [0.15, 0.2) is 0 Å². The molecule has 1 amide bonds. The largest absolute Gasteiger partial charge is 0.417 e. The fraction of sp³-hybridized carbons (Fsp3) is 0.188. The molecule has 0 radical (unpaired) electrons. The number of amides is 1. The van der Waals surface area contributed by atoms with E-state index in [0.29, 0.717) is 20.9 Å². The summed E-state index contributed by atoms with van der Waals surface area (Å²) in [5.41, 5.74) is 3.65. The SMILES string of the molecule is Cc1cc(C)cc(NC(=O)Oc2c(C)cc(Cl)cc2Br)c1. The normalized spacial score (nSPS) is 10.3. The maximum atomic E-state index is 12.0. The quantitative estimate of drug-likeness (QED) is 0.745. The van der Waals surface area contributed by atoms with Crippen LogP contribution in [-0.2, 0) is 0 Å². The van der Waals surface area contributed by atoms with Crippen LogP contribution in [0.5, 0.6) is 5.75 Å². The zero-order valence-electron chi connectivity index (χ0n) is 12.0. The predicted octanol–water partition coefficient (Wildman–Crippen LogP) is 5.64. The Kier molecular flexibility index (Phi) is 4.91. The molecule has 0 bridgehead atoms. The van der Waals surface area contributed by atoms with Crippen molar-refractivity contribution in [3.05, 3.63) is 56.5 Å². The third kappa shape index (κ3) is 4.22. The van der Waals surface area contributed by atoms with E-state index >= 15 is 0 Å². The van der Waals surface area contributed by atoms with Crippen LogP contribution in [0, 0.1) is 20.8 Å². The highest BCUT2D eigenvalue weighted by molar-refractivity contribution is 9.10. The summed E-state index contributed by atoms with van der Waals surface area (Å²) >= 11 is 9.28. The molecule has 0 aliphatic rings. The number of carbonyl (C=O) groups is 1. The summed E-state index contributed by atoms with van der Waals surface area (Å²) in [6, 6.07) is 9.24. The second-order valence-electron chi connectivity index (χ2n) is 4.92. The number of ether oxygens (including phenoxy) is 1. The van der Waals surface area contributed by atoms with Gasteiger partial charge in [0.1, 0.15) is 5.75 Å². The van der Waals surface area contributed by atoms with E-state index in [-0.39, 0.29) is 0 Å². The maximum Gasteiger partial charge on any atom is 0.417 e. The highest BCUT2D eigenvalue weighted by Crippen LogP contribution is 2.32. The van der Waals surface area contributed by atoms with Crippen molar-refractivity contribution in [1.82, 2.24) is 0 Å². The van der Waals surface area contributed by atoms with Crippen LogP contribution in [0.15, 0.2) is 34.8 Å². The lowest BCUT2D eigenvalue weighted by atomic mass is 10.1. The lowest BCUT2D eigenvalue weighted by Gasteiger charge is -2.12. The average molecular weight is 369 g/mol. The summed E-state index contributed by atoms with van der Waals surface area (Å²) in [5.74, 6) is 0.460. The van der Waals surface area contributed by atoms with E-state index in [1.54, 1.807) is 12.1 Å². The topological polar surface area (TPSA) is 38.3 Å². The van der Waals surface area contributed by atoms with E-state index in [4.69, 9.17) is 16.3 Å². The van der Waals surface area contributed by atoms with Gasteiger partial charge in [0.25, 0.3) is 0 Å². The first kappa shape index (κ1) is 15.9. The van der Waals surface area contributed by atoms with Gasteiger partial charge in [-0.2, -0.15) is 0 Å². The third-order valence-electron chi connectivity index (χ3n) is 2.86. The number of rotatable bonds is 2. The van der Waals surface area contributed by atoms with Gasteiger partial charge in [-0.05, 0) is 77.7 Å². The molecule has 0 unspecified atom stereocenters. The van der Waals surface area contributed by atoms with E-state index < -0.39 is 6.09 Å². The van der Waals surface area contributed by atoms with Crippen LogP contribution in [0.4, 0.5) is 10.5 Å². The Hall–Kier alpha value is -1.52. The lowest BCUT2D eigenvalue weighted by molar-refractivity contribution is 0.214. The van der Waals surface area contributed by atoms with Crippen molar-refractivity contribution in [3.8, 4) is 5.75 Å². The molecule has 2 aromatic rings. The van der Waals surface area contributed by atoms with Crippen LogP contribution in [0.25, 0.3) is 0 Å². The molecule has 0 heterocycles. The molecule has 2 rings (SSSR count). The summed E-state index contributed by atoms with van der Waals surface area (Å²) in [6.45, 7) is 5.78. The Bertz CT molecular complexity index is 657. The van der Waals surface area contributed by atoms with E-state index in [1.807, 2.05) is 39.0 Å². The van der Waals surface area contributed by atoms with Crippen LogP contribution in [0.1, 0.15) is 16.7 Å². The first-order chi connectivity index (χ1) is 9.85. The number of nitrogens with one attached hydrogen (secondary N) is 1. The van der Waals surface area contributed by atoms with Gasteiger partial charge in [-0.15, -0.1) is 0 Å². The molecule has 0 saturated heterocycles. The summed E-state index contributed by atoms with van der Waals surface area (Å²) in [7, 11) is 0. The summed E-state index contributed by atoms with van der Waals surface area (Å²) in [5, 5.41) is 3.31. The Morgan fingerprint density at radius 3 is 2.29 bits per heavy atom. The Morgan fingerprint density at radius 1 is 1.10 bits per heavy atom. The van der Waals surface area contributed by atoms with Crippen LogP contribution in [0.2, 0.25) is 5.02 Å². The lowest BCUT2D eigenvalue weighted by Crippen LogP contribution is -2.17. The molecule has 0 atom stereocenters. The monoisotopic (exact) mass is 367 g/mol. The highest BCUT2D eigenvalue weighted by Gasteiger charge is 2.12. The molecule has 0 fully saturated rings. The van der Waals surface area contributed by atoms with Gasteiger partial charge in [-0.3, -0.25) is 5.32 Å². The zero-order valence-corrected chi connectivity index (χ0v) is 14.3. The van der Waals surface area contributed by atoms with Gasteiger partial charge in [0.2, 0.25) is 0 Å². The third-order valence-corrected chi connectivity index (χ3v) is 3.66. The Labute approximate surface area is 137 Å². The van der Waals surface area contributed by atoms with Gasteiger partial charge in [0, 0.05) is 10.7 Å². The number of aryl methyl sites for hydroxylation is 3. The van der Waals surface area contributed by atoms with Crippen LogP contribution in [0.3, 0.4) is 0 Å². The van der Waals surface area contributed by atoms with E-state index in [0.717, 1.165) is 16.7 Å². The number of hydrogen-bond acceptors (Lipinski definition) is 2. The van der Waals surface area contributed by atoms with Crippen molar-refractivity contribution < 1.29 is 9.53 Å². The minimum atomic E-state index is -0.536. The van der Waals surface area contributed by atoms with Crippen LogP contribution >= 0.6 is 27.5 Å². The van der Waals surface area contributed by atoms with Gasteiger partial charge in [0.05, 0.1) is 4.47 Å². The molecular formula is C16H15BrClNO2. The van der Waals surface area contributed by atoms with Crippen LogP contribution in [-0.4, -0.2) is 6.09 Å². The maximum absolute atomic E-state index is 12.0. The fourth-order valence-corrected chi connectivity index (χ4v) is 3.15. The van der Waals surface area contributed by atoms with Gasteiger partial charge >= 0.3 is 6.09 Å². The molecule has 0 spiro atoms. The summed E-state index contributed by atoms with van der Waals surface area (Å²) in [4.78, 5) is 12.0.